The van der Waals surface area contributed by atoms with E-state index in [1.807, 2.05) is 52.0 Å². The van der Waals surface area contributed by atoms with Gasteiger partial charge in [0.15, 0.2) is 0 Å². The minimum absolute atomic E-state index is 0.00779. The summed E-state index contributed by atoms with van der Waals surface area (Å²) in [6.45, 7) is 7.84. The number of amides is 5. The van der Waals surface area contributed by atoms with Crippen molar-refractivity contribution in [1.29, 1.82) is 0 Å². The van der Waals surface area contributed by atoms with Crippen LogP contribution in [-0.2, 0) is 30.5 Å². The molecule has 16 nitrogen and oxygen atoms in total. The number of carbonyl (C=O) groups excluding carboxylic acids is 5. The molecule has 3 atom stereocenters. The molecule has 1 saturated carbocycles. The SMILES string of the molecule is COc1cc2c(Oc3ccc(NC(=O)C4(C(=O)Nc5ccc(F)cc5)CC4)cc3)ccnc2cc1NCCC(=O)N[C@H](C(=O)N1C[C@H](O)C[C@H]1C(=O)NCc1ccc(-c2scnc2C)cc1)C(C)(C)C. The Hall–Kier alpha value is -7.44. The molecule has 6 N–H and O–H groups in total. The number of benzene rings is 4. The van der Waals surface area contributed by atoms with Gasteiger partial charge in [-0.25, -0.2) is 9.37 Å². The number of aryl methyl sites for hydroxylation is 1. The molecule has 0 spiro atoms. The fraction of sp³-hybridized carbons (Fsp3) is 0.327. The predicted molar refractivity (Wildman–Crippen MR) is 265 cm³/mol. The first kappa shape index (κ1) is 49.0. The van der Waals surface area contributed by atoms with Crippen LogP contribution in [0.2, 0.25) is 0 Å². The number of hydrogen-bond donors (Lipinski definition) is 6. The molecule has 2 aliphatic rings. The zero-order valence-electron chi connectivity index (χ0n) is 39.4. The van der Waals surface area contributed by atoms with Crippen molar-refractivity contribution in [2.75, 3.05) is 36.1 Å². The van der Waals surface area contributed by atoms with Crippen molar-refractivity contribution in [1.82, 2.24) is 25.5 Å². The Bertz CT molecular complexity index is 2900. The smallest absolute Gasteiger partial charge is 0.246 e. The van der Waals surface area contributed by atoms with Gasteiger partial charge in [0.05, 0.1) is 40.5 Å². The summed E-state index contributed by atoms with van der Waals surface area (Å²) in [5.74, 6) is -1.13. The van der Waals surface area contributed by atoms with Gasteiger partial charge < -0.3 is 46.1 Å². The molecule has 70 heavy (non-hydrogen) atoms. The Morgan fingerprint density at radius 3 is 2.19 bits per heavy atom. The van der Waals surface area contributed by atoms with E-state index in [9.17, 15) is 33.5 Å². The van der Waals surface area contributed by atoms with Crippen LogP contribution in [-0.4, -0.2) is 87.9 Å². The molecule has 0 unspecified atom stereocenters. The number of carbonyl (C=O) groups is 5. The molecule has 3 heterocycles. The maximum atomic E-state index is 14.2. The number of methoxy groups -OCH3 is 1. The third kappa shape index (κ3) is 11.2. The molecule has 4 aromatic carbocycles. The fourth-order valence-electron chi connectivity index (χ4n) is 8.32. The summed E-state index contributed by atoms with van der Waals surface area (Å²) in [5, 5.41) is 25.9. The van der Waals surface area contributed by atoms with Crippen LogP contribution in [0.25, 0.3) is 21.3 Å². The van der Waals surface area contributed by atoms with Crippen molar-refractivity contribution in [3.8, 4) is 27.7 Å². The van der Waals surface area contributed by atoms with Gasteiger partial charge in [0, 0.05) is 55.4 Å². The summed E-state index contributed by atoms with van der Waals surface area (Å²) in [7, 11) is 1.52. The number of rotatable bonds is 17. The van der Waals surface area contributed by atoms with E-state index < -0.39 is 58.5 Å². The first-order chi connectivity index (χ1) is 33.5. The summed E-state index contributed by atoms with van der Waals surface area (Å²) in [4.78, 5) is 78.8. The number of aliphatic hydroxyl groups excluding tert-OH is 1. The molecule has 1 aliphatic carbocycles. The first-order valence-electron chi connectivity index (χ1n) is 22.9. The maximum Gasteiger partial charge on any atom is 0.246 e. The summed E-state index contributed by atoms with van der Waals surface area (Å²) < 4.78 is 25.3. The van der Waals surface area contributed by atoms with Crippen molar-refractivity contribution in [2.24, 2.45) is 10.8 Å². The lowest BCUT2D eigenvalue weighted by Gasteiger charge is -2.35. The number of nitrogens with zero attached hydrogens (tertiary/aromatic N) is 3. The van der Waals surface area contributed by atoms with E-state index in [-0.39, 0.29) is 38.4 Å². The highest BCUT2D eigenvalue weighted by Crippen LogP contribution is 2.48. The van der Waals surface area contributed by atoms with Gasteiger partial charge in [-0.05, 0) is 103 Å². The molecular formula is C52H55FN8O8S. The number of β-amino-alcohol motifs (C(OH)–C–C–N with tert-alkyl or cyclic N) is 1. The summed E-state index contributed by atoms with van der Waals surface area (Å²) in [6, 6.07) is 23.3. The fourth-order valence-corrected chi connectivity index (χ4v) is 9.13. The highest BCUT2D eigenvalue weighted by atomic mass is 32.1. The van der Waals surface area contributed by atoms with Crippen LogP contribution < -0.4 is 36.1 Å². The molecule has 1 saturated heterocycles. The zero-order chi connectivity index (χ0) is 49.7. The number of fused-ring (bicyclic) bond motifs is 1. The standard InChI is InChI=1S/C52H55FN8O8S/c1-30-45(70-29-57-30)32-8-6-31(7-9-32)27-56-47(64)41-24-36(62)28-61(41)48(65)46(51(2,3)4)60-44(63)19-23-55-40-26-39-38(25-43(40)68-5)42(18-22-54-39)69-37-16-14-35(15-17-37)59-50(67)52(20-21-52)49(66)58-34-12-10-33(53)11-13-34/h6-18,22,25-26,29,36,41,46,55,62H,19-21,23-24,27-28H2,1-5H3,(H,56,64)(H,58,66)(H,59,67)(H,60,63)/t36-,41+,46-/m1/s1. The van der Waals surface area contributed by atoms with E-state index in [4.69, 9.17) is 9.47 Å². The monoisotopic (exact) mass is 970 g/mol. The van der Waals surface area contributed by atoms with Gasteiger partial charge in [-0.1, -0.05) is 45.0 Å². The lowest BCUT2D eigenvalue weighted by molar-refractivity contribution is -0.144. The third-order valence-corrected chi connectivity index (χ3v) is 13.4. The topological polar surface area (TPSA) is 213 Å². The number of aliphatic hydroxyl groups is 1. The Morgan fingerprint density at radius 1 is 0.900 bits per heavy atom. The lowest BCUT2D eigenvalue weighted by Crippen LogP contribution is -2.57. The van der Waals surface area contributed by atoms with Crippen molar-refractivity contribution < 1.29 is 42.9 Å². The van der Waals surface area contributed by atoms with Gasteiger partial charge >= 0.3 is 0 Å². The molecule has 0 radical (unpaired) electrons. The predicted octanol–water partition coefficient (Wildman–Crippen LogP) is 7.58. The normalized spacial score (nSPS) is 16.5. The Labute approximate surface area is 408 Å². The maximum absolute atomic E-state index is 14.2. The second-order valence-electron chi connectivity index (χ2n) is 18.6. The molecule has 2 fully saturated rings. The number of likely N-dealkylation sites (tertiary alicyclic amines) is 1. The number of hydrogen-bond acceptors (Lipinski definition) is 12. The quantitative estimate of drug-likeness (QED) is 0.0491. The van der Waals surface area contributed by atoms with Gasteiger partial charge in [-0.3, -0.25) is 29.0 Å². The summed E-state index contributed by atoms with van der Waals surface area (Å²) in [5.41, 5.74) is 4.76. The highest BCUT2D eigenvalue weighted by molar-refractivity contribution is 7.13. The van der Waals surface area contributed by atoms with Crippen molar-refractivity contribution >= 4 is 68.8 Å². The molecule has 6 aromatic rings. The van der Waals surface area contributed by atoms with Gasteiger partial charge in [0.25, 0.3) is 0 Å². The number of nitrogens with one attached hydrogen (secondary N) is 5. The van der Waals surface area contributed by atoms with Crippen LogP contribution >= 0.6 is 11.3 Å². The average Bonchev–Trinajstić information content (AvgIpc) is 3.91. The van der Waals surface area contributed by atoms with Crippen LogP contribution in [0.1, 0.15) is 57.7 Å². The van der Waals surface area contributed by atoms with E-state index in [1.165, 1.54) is 36.3 Å². The third-order valence-electron chi connectivity index (χ3n) is 12.5. The van der Waals surface area contributed by atoms with Crippen molar-refractivity contribution in [2.45, 2.75) is 78.1 Å². The minimum Gasteiger partial charge on any atom is -0.495 e. The molecular weight excluding hydrogens is 916 g/mol. The molecule has 5 amide bonds. The summed E-state index contributed by atoms with van der Waals surface area (Å²) >= 11 is 1.56. The highest BCUT2D eigenvalue weighted by Gasteiger charge is 2.56. The molecule has 0 bridgehead atoms. The number of ether oxygens (including phenoxy) is 2. The largest absolute Gasteiger partial charge is 0.495 e. The second-order valence-corrected chi connectivity index (χ2v) is 19.5. The zero-order valence-corrected chi connectivity index (χ0v) is 40.2. The van der Waals surface area contributed by atoms with Crippen LogP contribution in [0.4, 0.5) is 21.5 Å². The molecule has 8 rings (SSSR count). The first-order valence-corrected chi connectivity index (χ1v) is 23.8. The van der Waals surface area contributed by atoms with E-state index in [0.29, 0.717) is 58.1 Å². The van der Waals surface area contributed by atoms with E-state index in [0.717, 1.165) is 21.7 Å². The van der Waals surface area contributed by atoms with Gasteiger partial charge in [-0.15, -0.1) is 11.3 Å². The van der Waals surface area contributed by atoms with E-state index in [2.05, 4.69) is 36.6 Å². The van der Waals surface area contributed by atoms with Crippen LogP contribution in [0.3, 0.4) is 0 Å². The van der Waals surface area contributed by atoms with Crippen LogP contribution in [0.5, 0.6) is 17.2 Å². The van der Waals surface area contributed by atoms with E-state index >= 15 is 0 Å². The Balaban J connectivity index is 0.848. The Morgan fingerprint density at radius 2 is 1.57 bits per heavy atom. The number of halogens is 1. The average molecular weight is 971 g/mol. The lowest BCUT2D eigenvalue weighted by atomic mass is 9.85. The minimum atomic E-state index is -1.21. The second kappa shape index (κ2) is 20.7. The van der Waals surface area contributed by atoms with E-state index in [1.54, 1.807) is 65.5 Å². The van der Waals surface area contributed by atoms with Crippen LogP contribution in [0, 0.1) is 23.6 Å². The van der Waals surface area contributed by atoms with Gasteiger partial charge in [-0.2, -0.15) is 0 Å². The van der Waals surface area contributed by atoms with Crippen LogP contribution in [0.15, 0.2) is 103 Å². The van der Waals surface area contributed by atoms with Gasteiger partial charge in [0.1, 0.15) is 40.6 Å². The number of pyridine rings is 1. The molecule has 1 aliphatic heterocycles. The molecule has 18 heteroatoms. The summed E-state index contributed by atoms with van der Waals surface area (Å²) in [6.07, 6.45) is 1.55. The molecule has 2 aromatic heterocycles. The number of anilines is 3. The van der Waals surface area contributed by atoms with Crippen molar-refractivity contribution in [3.63, 3.8) is 0 Å². The Kier molecular flexibility index (Phi) is 14.5. The molecule has 364 valence electrons. The van der Waals surface area contributed by atoms with Gasteiger partial charge in [0.2, 0.25) is 29.5 Å². The van der Waals surface area contributed by atoms with Crippen molar-refractivity contribution in [3.05, 3.63) is 120 Å². The number of aromatic nitrogens is 2. The number of thiazole rings is 1.